The molecular formula is C20H21N5O2. The number of aryl methyl sites for hydroxylation is 2. The summed E-state index contributed by atoms with van der Waals surface area (Å²) < 4.78 is 1.34. The third-order valence-corrected chi connectivity index (χ3v) is 4.40. The van der Waals surface area contributed by atoms with Gasteiger partial charge < -0.3 is 5.32 Å². The Morgan fingerprint density at radius 3 is 2.67 bits per heavy atom. The number of hydrogen-bond donors (Lipinski definition) is 1. The van der Waals surface area contributed by atoms with Gasteiger partial charge in [0.25, 0.3) is 5.56 Å². The SMILES string of the molecule is CCc1ccccc1NC(=O)Cn1c(-c2cnccn2)nc(C)c(C)c1=O. The number of nitrogens with zero attached hydrogens (tertiary/aromatic N) is 4. The number of carbonyl (C=O) groups is 1. The molecule has 0 saturated heterocycles. The number of benzene rings is 1. The molecule has 0 aliphatic heterocycles. The molecule has 0 aliphatic carbocycles. The first kappa shape index (κ1) is 18.4. The molecule has 0 saturated carbocycles. The summed E-state index contributed by atoms with van der Waals surface area (Å²) in [6.07, 6.45) is 5.39. The molecular weight excluding hydrogens is 342 g/mol. The van der Waals surface area contributed by atoms with Crippen molar-refractivity contribution in [1.82, 2.24) is 19.5 Å². The van der Waals surface area contributed by atoms with Crippen LogP contribution in [-0.4, -0.2) is 25.4 Å². The largest absolute Gasteiger partial charge is 0.324 e. The lowest BCUT2D eigenvalue weighted by Crippen LogP contribution is -2.32. The van der Waals surface area contributed by atoms with Crippen molar-refractivity contribution in [2.75, 3.05) is 5.32 Å². The van der Waals surface area contributed by atoms with Crippen molar-refractivity contribution in [2.45, 2.75) is 33.7 Å². The normalized spacial score (nSPS) is 10.6. The summed E-state index contributed by atoms with van der Waals surface area (Å²) >= 11 is 0. The molecule has 0 aliphatic rings. The minimum absolute atomic E-state index is 0.156. The van der Waals surface area contributed by atoms with Gasteiger partial charge in [-0.1, -0.05) is 25.1 Å². The van der Waals surface area contributed by atoms with Crippen LogP contribution in [0.5, 0.6) is 0 Å². The minimum atomic E-state index is -0.298. The molecule has 0 spiro atoms. The lowest BCUT2D eigenvalue weighted by molar-refractivity contribution is -0.116. The Morgan fingerprint density at radius 2 is 1.96 bits per heavy atom. The van der Waals surface area contributed by atoms with Gasteiger partial charge >= 0.3 is 0 Å². The van der Waals surface area contributed by atoms with E-state index in [1.54, 1.807) is 20.0 Å². The molecule has 7 heteroatoms. The van der Waals surface area contributed by atoms with Gasteiger partial charge in [-0.15, -0.1) is 0 Å². The summed E-state index contributed by atoms with van der Waals surface area (Å²) in [7, 11) is 0. The Balaban J connectivity index is 1.98. The molecule has 2 aromatic heterocycles. The predicted molar refractivity (Wildman–Crippen MR) is 103 cm³/mol. The molecule has 2 heterocycles. The topological polar surface area (TPSA) is 89.8 Å². The van der Waals surface area contributed by atoms with Crippen LogP contribution in [0.3, 0.4) is 0 Å². The molecule has 0 bridgehead atoms. The second-order valence-electron chi connectivity index (χ2n) is 6.19. The third-order valence-electron chi connectivity index (χ3n) is 4.40. The standard InChI is InChI=1S/C20H21N5O2/c1-4-15-7-5-6-8-16(15)24-18(26)12-25-19(17-11-21-9-10-22-17)23-14(3)13(2)20(25)27/h5-11H,4,12H2,1-3H3,(H,24,26). The van der Waals surface area contributed by atoms with E-state index in [0.29, 0.717) is 22.8 Å². The maximum absolute atomic E-state index is 12.8. The molecule has 3 rings (SSSR count). The summed E-state index contributed by atoms with van der Waals surface area (Å²) in [6, 6.07) is 7.61. The molecule has 3 aromatic rings. The number of aromatic nitrogens is 4. The lowest BCUT2D eigenvalue weighted by atomic mass is 10.1. The van der Waals surface area contributed by atoms with Gasteiger partial charge in [-0.3, -0.25) is 19.1 Å². The Morgan fingerprint density at radius 1 is 1.19 bits per heavy atom. The van der Waals surface area contributed by atoms with Crippen molar-refractivity contribution in [3.05, 3.63) is 70.0 Å². The van der Waals surface area contributed by atoms with Gasteiger partial charge in [-0.2, -0.15) is 0 Å². The van der Waals surface area contributed by atoms with E-state index in [1.165, 1.54) is 17.0 Å². The Labute approximate surface area is 157 Å². The number of amides is 1. The van der Waals surface area contributed by atoms with E-state index < -0.39 is 0 Å². The van der Waals surface area contributed by atoms with E-state index in [0.717, 1.165) is 17.7 Å². The van der Waals surface area contributed by atoms with Crippen molar-refractivity contribution in [1.29, 1.82) is 0 Å². The number of rotatable bonds is 5. The second-order valence-corrected chi connectivity index (χ2v) is 6.19. The van der Waals surface area contributed by atoms with E-state index in [9.17, 15) is 9.59 Å². The zero-order valence-corrected chi connectivity index (χ0v) is 15.6. The molecule has 0 fully saturated rings. The summed E-state index contributed by atoms with van der Waals surface area (Å²) in [5.74, 6) is 0.0309. The van der Waals surface area contributed by atoms with Crippen LogP contribution >= 0.6 is 0 Å². The van der Waals surface area contributed by atoms with E-state index in [1.807, 2.05) is 31.2 Å². The smallest absolute Gasteiger partial charge is 0.257 e. The highest BCUT2D eigenvalue weighted by atomic mass is 16.2. The zero-order chi connectivity index (χ0) is 19.4. The first-order valence-corrected chi connectivity index (χ1v) is 8.73. The lowest BCUT2D eigenvalue weighted by Gasteiger charge is -2.15. The number of carbonyl (C=O) groups excluding carboxylic acids is 1. The minimum Gasteiger partial charge on any atom is -0.324 e. The average Bonchev–Trinajstić information content (AvgIpc) is 2.69. The van der Waals surface area contributed by atoms with Crippen LogP contribution in [-0.2, 0) is 17.8 Å². The highest BCUT2D eigenvalue weighted by Gasteiger charge is 2.17. The van der Waals surface area contributed by atoms with Crippen molar-refractivity contribution in [2.24, 2.45) is 0 Å². The first-order valence-electron chi connectivity index (χ1n) is 8.73. The van der Waals surface area contributed by atoms with Crippen molar-refractivity contribution < 1.29 is 4.79 Å². The first-order chi connectivity index (χ1) is 13.0. The monoisotopic (exact) mass is 363 g/mol. The van der Waals surface area contributed by atoms with Crippen LogP contribution in [0.15, 0.2) is 47.7 Å². The van der Waals surface area contributed by atoms with Gasteiger partial charge in [-0.25, -0.2) is 9.97 Å². The molecule has 0 atom stereocenters. The Bertz CT molecular complexity index is 1030. The zero-order valence-electron chi connectivity index (χ0n) is 15.6. The molecule has 0 radical (unpaired) electrons. The Kier molecular flexibility index (Phi) is 5.40. The molecule has 0 unspecified atom stereocenters. The van der Waals surface area contributed by atoms with Crippen LogP contribution in [0.4, 0.5) is 5.69 Å². The van der Waals surface area contributed by atoms with Gasteiger partial charge in [0.1, 0.15) is 12.2 Å². The van der Waals surface area contributed by atoms with Crippen molar-refractivity contribution in [3.8, 4) is 11.5 Å². The predicted octanol–water partition coefficient (Wildman–Crippen LogP) is 2.52. The number of para-hydroxylation sites is 1. The van der Waals surface area contributed by atoms with Gasteiger partial charge in [0, 0.05) is 29.3 Å². The summed E-state index contributed by atoms with van der Waals surface area (Å²) in [4.78, 5) is 38.2. The quantitative estimate of drug-likeness (QED) is 0.752. The third kappa shape index (κ3) is 3.92. The second kappa shape index (κ2) is 7.90. The van der Waals surface area contributed by atoms with E-state index in [2.05, 4.69) is 20.3 Å². The van der Waals surface area contributed by atoms with E-state index in [-0.39, 0.29) is 18.0 Å². The highest BCUT2D eigenvalue weighted by molar-refractivity contribution is 5.91. The van der Waals surface area contributed by atoms with Gasteiger partial charge in [0.05, 0.1) is 6.20 Å². The number of hydrogen-bond acceptors (Lipinski definition) is 5. The molecule has 7 nitrogen and oxygen atoms in total. The van der Waals surface area contributed by atoms with Crippen LogP contribution in [0.2, 0.25) is 0 Å². The van der Waals surface area contributed by atoms with Crippen molar-refractivity contribution in [3.63, 3.8) is 0 Å². The average molecular weight is 363 g/mol. The molecule has 1 aromatic carbocycles. The molecule has 1 N–H and O–H groups in total. The van der Waals surface area contributed by atoms with Gasteiger partial charge in [0.2, 0.25) is 5.91 Å². The molecule has 1 amide bonds. The summed E-state index contributed by atoms with van der Waals surface area (Å²) in [5.41, 5.74) is 3.07. The van der Waals surface area contributed by atoms with Crippen molar-refractivity contribution >= 4 is 11.6 Å². The van der Waals surface area contributed by atoms with Crippen LogP contribution in [0.1, 0.15) is 23.7 Å². The fourth-order valence-electron chi connectivity index (χ4n) is 2.80. The maximum Gasteiger partial charge on any atom is 0.257 e. The molecule has 27 heavy (non-hydrogen) atoms. The molecule has 138 valence electrons. The summed E-state index contributed by atoms with van der Waals surface area (Å²) in [5, 5.41) is 2.89. The Hall–Kier alpha value is -3.35. The van der Waals surface area contributed by atoms with Crippen LogP contribution in [0, 0.1) is 13.8 Å². The summed E-state index contributed by atoms with van der Waals surface area (Å²) in [6.45, 7) is 5.33. The number of nitrogens with one attached hydrogen (secondary N) is 1. The fraction of sp³-hybridized carbons (Fsp3) is 0.250. The van der Waals surface area contributed by atoms with E-state index in [4.69, 9.17) is 0 Å². The highest BCUT2D eigenvalue weighted by Crippen LogP contribution is 2.17. The van der Waals surface area contributed by atoms with Gasteiger partial charge in [-0.05, 0) is 31.9 Å². The fourth-order valence-corrected chi connectivity index (χ4v) is 2.80. The van der Waals surface area contributed by atoms with Crippen LogP contribution < -0.4 is 10.9 Å². The number of anilines is 1. The van der Waals surface area contributed by atoms with Gasteiger partial charge in [0.15, 0.2) is 5.82 Å². The maximum atomic E-state index is 12.8. The van der Waals surface area contributed by atoms with E-state index >= 15 is 0 Å². The van der Waals surface area contributed by atoms with Crippen LogP contribution in [0.25, 0.3) is 11.5 Å².